The molecule has 3 aromatic rings. The van der Waals surface area contributed by atoms with Crippen LogP contribution in [-0.4, -0.2) is 57.6 Å². The molecule has 0 aliphatic carbocycles. The summed E-state index contributed by atoms with van der Waals surface area (Å²) in [6.07, 6.45) is -0.151. The molecule has 4 heterocycles. The monoisotopic (exact) mass is 413 g/mol. The average molecular weight is 413 g/mol. The summed E-state index contributed by atoms with van der Waals surface area (Å²) in [5.74, 6) is 0.606. The number of hydrogen-bond donors (Lipinski definition) is 1. The number of para-hydroxylation sites is 1. The highest BCUT2D eigenvalue weighted by Crippen LogP contribution is 2.36. The van der Waals surface area contributed by atoms with E-state index in [1.54, 1.807) is 16.0 Å². The third kappa shape index (κ3) is 3.74. The Morgan fingerprint density at radius 2 is 2.03 bits per heavy atom. The lowest BCUT2D eigenvalue weighted by Crippen LogP contribution is -2.44. The molecule has 1 aromatic carbocycles. The van der Waals surface area contributed by atoms with E-state index in [4.69, 9.17) is 14.2 Å². The van der Waals surface area contributed by atoms with Crippen LogP contribution in [0.3, 0.4) is 0 Å². The van der Waals surface area contributed by atoms with Crippen molar-refractivity contribution in [3.05, 3.63) is 52.7 Å². The zero-order valence-electron chi connectivity index (χ0n) is 15.4. The molecule has 0 bridgehead atoms. The number of carbonyl (C=O) groups excluding carboxylic acids is 1. The number of nitrogens with zero attached hydrogens (tertiary/aromatic N) is 4. The molecule has 2 saturated heterocycles. The number of rotatable bonds is 6. The van der Waals surface area contributed by atoms with Crippen molar-refractivity contribution in [1.29, 1.82) is 0 Å². The van der Waals surface area contributed by atoms with Crippen LogP contribution in [0, 0.1) is 0 Å². The van der Waals surface area contributed by atoms with Crippen molar-refractivity contribution < 1.29 is 19.0 Å². The Labute approximate surface area is 170 Å². The molecule has 1 N–H and O–H groups in total. The SMILES string of the molecule is O=C(Cc1cccs1)NC1COC2C1OCC2n1nnnc1Oc1ccccc1. The van der Waals surface area contributed by atoms with Crippen molar-refractivity contribution in [2.24, 2.45) is 0 Å². The zero-order chi connectivity index (χ0) is 19.6. The number of amides is 1. The predicted octanol–water partition coefficient (Wildman–Crippen LogP) is 1.59. The zero-order valence-corrected chi connectivity index (χ0v) is 16.2. The fraction of sp³-hybridized carbons (Fsp3) is 0.368. The summed E-state index contributed by atoms with van der Waals surface area (Å²) >= 11 is 1.57. The van der Waals surface area contributed by atoms with Gasteiger partial charge in [-0.05, 0) is 34.0 Å². The first-order chi connectivity index (χ1) is 14.3. The van der Waals surface area contributed by atoms with Crippen LogP contribution in [0.2, 0.25) is 0 Å². The summed E-state index contributed by atoms with van der Waals surface area (Å²) in [6, 6.07) is 13.1. The second kappa shape index (κ2) is 7.90. The van der Waals surface area contributed by atoms with Crippen LogP contribution in [0.25, 0.3) is 0 Å². The van der Waals surface area contributed by atoms with Gasteiger partial charge in [0.15, 0.2) is 0 Å². The summed E-state index contributed by atoms with van der Waals surface area (Å²) in [5, 5.41) is 16.8. The number of nitrogens with one attached hydrogen (secondary N) is 1. The van der Waals surface area contributed by atoms with Crippen LogP contribution in [0.15, 0.2) is 47.8 Å². The Bertz CT molecular complexity index is 964. The number of benzene rings is 1. The number of carbonyl (C=O) groups is 1. The maximum absolute atomic E-state index is 12.3. The van der Waals surface area contributed by atoms with Crippen molar-refractivity contribution >= 4 is 17.2 Å². The quantitative estimate of drug-likeness (QED) is 0.655. The van der Waals surface area contributed by atoms with Crippen LogP contribution >= 0.6 is 11.3 Å². The van der Waals surface area contributed by atoms with Crippen molar-refractivity contribution in [2.45, 2.75) is 30.7 Å². The first-order valence-electron chi connectivity index (χ1n) is 9.33. The third-order valence-electron chi connectivity index (χ3n) is 5.02. The third-order valence-corrected chi connectivity index (χ3v) is 5.89. The highest BCUT2D eigenvalue weighted by atomic mass is 32.1. The molecule has 150 valence electrons. The summed E-state index contributed by atoms with van der Waals surface area (Å²) < 4.78 is 19.3. The molecule has 29 heavy (non-hydrogen) atoms. The molecule has 4 unspecified atom stereocenters. The largest absolute Gasteiger partial charge is 0.423 e. The van der Waals surface area contributed by atoms with Crippen LogP contribution in [0.1, 0.15) is 10.9 Å². The Morgan fingerprint density at radius 1 is 1.17 bits per heavy atom. The number of aromatic nitrogens is 4. The number of tetrazole rings is 1. The summed E-state index contributed by atoms with van der Waals surface area (Å²) in [4.78, 5) is 13.4. The Hall–Kier alpha value is -2.82. The van der Waals surface area contributed by atoms with Gasteiger partial charge in [0.25, 0.3) is 0 Å². The van der Waals surface area contributed by atoms with Gasteiger partial charge in [-0.2, -0.15) is 4.68 Å². The molecule has 9 nitrogen and oxygen atoms in total. The van der Waals surface area contributed by atoms with Crippen LogP contribution in [0.5, 0.6) is 11.8 Å². The molecule has 2 aromatic heterocycles. The van der Waals surface area contributed by atoms with Crippen molar-refractivity contribution in [3.8, 4) is 11.8 Å². The lowest BCUT2D eigenvalue weighted by Gasteiger charge is -2.18. The fourth-order valence-electron chi connectivity index (χ4n) is 3.70. The smallest absolute Gasteiger partial charge is 0.341 e. The topological polar surface area (TPSA) is 100 Å². The van der Waals surface area contributed by atoms with Crippen LogP contribution < -0.4 is 10.1 Å². The predicted molar refractivity (Wildman–Crippen MR) is 103 cm³/mol. The van der Waals surface area contributed by atoms with Gasteiger partial charge >= 0.3 is 6.01 Å². The van der Waals surface area contributed by atoms with Crippen molar-refractivity contribution in [3.63, 3.8) is 0 Å². The molecule has 0 radical (unpaired) electrons. The Balaban J connectivity index is 1.25. The maximum atomic E-state index is 12.3. The van der Waals surface area contributed by atoms with Gasteiger partial charge in [-0.15, -0.1) is 11.3 Å². The lowest BCUT2D eigenvalue weighted by molar-refractivity contribution is -0.121. The van der Waals surface area contributed by atoms with Crippen molar-refractivity contribution in [1.82, 2.24) is 25.5 Å². The molecule has 2 aliphatic rings. The molecule has 0 spiro atoms. The molecular formula is C19H19N5O4S. The first-order valence-corrected chi connectivity index (χ1v) is 10.2. The van der Waals surface area contributed by atoms with Gasteiger partial charge in [-0.25, -0.2) is 0 Å². The summed E-state index contributed by atoms with van der Waals surface area (Å²) in [7, 11) is 0. The second-order valence-corrected chi connectivity index (χ2v) is 7.95. The number of fused-ring (bicyclic) bond motifs is 1. The van der Waals surface area contributed by atoms with Crippen molar-refractivity contribution in [2.75, 3.05) is 13.2 Å². The van der Waals surface area contributed by atoms with E-state index in [-0.39, 0.29) is 36.2 Å². The highest BCUT2D eigenvalue weighted by Gasteiger charge is 2.50. The minimum absolute atomic E-state index is 0.0377. The maximum Gasteiger partial charge on any atom is 0.341 e. The van der Waals surface area contributed by atoms with Gasteiger partial charge in [0.2, 0.25) is 5.91 Å². The van der Waals surface area contributed by atoms with Gasteiger partial charge in [-0.1, -0.05) is 29.4 Å². The Kier molecular flexibility index (Phi) is 4.96. The number of thiophene rings is 1. The summed E-state index contributed by atoms with van der Waals surface area (Å²) in [6.45, 7) is 0.766. The molecule has 1 amide bonds. The van der Waals surface area contributed by atoms with Crippen LogP contribution in [0.4, 0.5) is 0 Å². The van der Waals surface area contributed by atoms with E-state index in [1.807, 2.05) is 47.8 Å². The van der Waals surface area contributed by atoms with E-state index < -0.39 is 0 Å². The van der Waals surface area contributed by atoms with E-state index in [1.165, 1.54) is 0 Å². The number of hydrogen-bond acceptors (Lipinski definition) is 8. The normalized spacial score (nSPS) is 25.7. The molecular weight excluding hydrogens is 394 g/mol. The molecule has 5 rings (SSSR count). The Morgan fingerprint density at radius 3 is 2.86 bits per heavy atom. The van der Waals surface area contributed by atoms with Gasteiger partial charge in [0, 0.05) is 4.88 Å². The molecule has 0 saturated carbocycles. The van der Waals surface area contributed by atoms with E-state index in [0.29, 0.717) is 25.4 Å². The minimum atomic E-state index is -0.260. The number of ether oxygens (including phenoxy) is 3. The summed E-state index contributed by atoms with van der Waals surface area (Å²) in [5.41, 5.74) is 0. The van der Waals surface area contributed by atoms with Gasteiger partial charge in [0.1, 0.15) is 24.0 Å². The second-order valence-electron chi connectivity index (χ2n) is 6.91. The van der Waals surface area contributed by atoms with E-state index >= 15 is 0 Å². The minimum Gasteiger partial charge on any atom is -0.423 e. The molecule has 4 atom stereocenters. The molecule has 2 fully saturated rings. The molecule has 10 heteroatoms. The lowest BCUT2D eigenvalue weighted by atomic mass is 10.1. The highest BCUT2D eigenvalue weighted by molar-refractivity contribution is 7.10. The van der Waals surface area contributed by atoms with Gasteiger partial charge in [0.05, 0.1) is 25.7 Å². The fourth-order valence-corrected chi connectivity index (χ4v) is 4.40. The van der Waals surface area contributed by atoms with Crippen LogP contribution in [-0.2, 0) is 20.7 Å². The van der Waals surface area contributed by atoms with E-state index in [0.717, 1.165) is 4.88 Å². The van der Waals surface area contributed by atoms with Gasteiger partial charge < -0.3 is 19.5 Å². The van der Waals surface area contributed by atoms with E-state index in [2.05, 4.69) is 20.8 Å². The van der Waals surface area contributed by atoms with E-state index in [9.17, 15) is 4.79 Å². The first kappa shape index (κ1) is 18.2. The average Bonchev–Trinajstić information content (AvgIpc) is 3.49. The molecule has 2 aliphatic heterocycles. The standard InChI is InChI=1S/C19H19N5O4S/c25-16(9-13-7-4-8-29-13)20-14-10-26-18-15(11-27-17(14)18)24-19(21-22-23-24)28-12-5-2-1-3-6-12/h1-8,14-15,17-18H,9-11H2,(H,20,25). The van der Waals surface area contributed by atoms with Gasteiger partial charge in [-0.3, -0.25) is 4.79 Å².